The number of hydrogen-bond acceptors (Lipinski definition) is 3. The van der Waals surface area contributed by atoms with E-state index in [0.29, 0.717) is 16.9 Å². The molecule has 3 rings (SSSR count). The number of benzene rings is 1. The number of hydrogen-bond donors (Lipinski definition) is 2. The van der Waals surface area contributed by atoms with Crippen molar-refractivity contribution < 1.29 is 8.78 Å². The van der Waals surface area contributed by atoms with Crippen LogP contribution in [0.4, 0.5) is 8.78 Å². The fourth-order valence-corrected chi connectivity index (χ4v) is 1.87. The zero-order chi connectivity index (χ0) is 14.3. The van der Waals surface area contributed by atoms with Crippen LogP contribution in [0.3, 0.4) is 0 Å². The minimum absolute atomic E-state index is 0.0666. The highest BCUT2D eigenvalue weighted by molar-refractivity contribution is 5.74. The van der Waals surface area contributed by atoms with E-state index in [2.05, 4.69) is 9.97 Å². The fourth-order valence-electron chi connectivity index (χ4n) is 1.87. The van der Waals surface area contributed by atoms with Crippen LogP contribution in [0.5, 0.6) is 0 Å². The first-order valence-electron chi connectivity index (χ1n) is 5.66. The lowest BCUT2D eigenvalue weighted by Gasteiger charge is -2.01. The summed E-state index contributed by atoms with van der Waals surface area (Å²) in [5, 5.41) is 0. The Kier molecular flexibility index (Phi) is 2.70. The van der Waals surface area contributed by atoms with Crippen molar-refractivity contribution in [3.05, 3.63) is 62.7 Å². The smallest absolute Gasteiger partial charge is 0.328 e. The van der Waals surface area contributed by atoms with Crippen molar-refractivity contribution in [1.82, 2.24) is 19.5 Å². The van der Waals surface area contributed by atoms with Crippen molar-refractivity contribution in [2.24, 2.45) is 0 Å². The molecule has 0 aliphatic carbocycles. The molecular formula is C12H8F2N4O2. The molecule has 0 saturated heterocycles. The van der Waals surface area contributed by atoms with Gasteiger partial charge in [0.1, 0.15) is 11.6 Å². The molecule has 0 aliphatic rings. The summed E-state index contributed by atoms with van der Waals surface area (Å²) < 4.78 is 27.1. The number of imidazole rings is 1. The second-order valence-electron chi connectivity index (χ2n) is 4.21. The van der Waals surface area contributed by atoms with E-state index < -0.39 is 22.9 Å². The average molecular weight is 278 g/mol. The molecule has 0 atom stereocenters. The van der Waals surface area contributed by atoms with Crippen molar-refractivity contribution in [3.8, 4) is 0 Å². The van der Waals surface area contributed by atoms with Crippen molar-refractivity contribution in [2.75, 3.05) is 0 Å². The summed E-state index contributed by atoms with van der Waals surface area (Å²) in [4.78, 5) is 31.2. The van der Waals surface area contributed by atoms with Crippen molar-refractivity contribution >= 4 is 11.0 Å². The molecule has 3 aromatic rings. The van der Waals surface area contributed by atoms with Crippen LogP contribution in [-0.2, 0) is 6.54 Å². The molecule has 20 heavy (non-hydrogen) atoms. The van der Waals surface area contributed by atoms with Crippen LogP contribution in [0.25, 0.3) is 11.0 Å². The van der Waals surface area contributed by atoms with Gasteiger partial charge in [0, 0.05) is 0 Å². The maximum absolute atomic E-state index is 13.1. The van der Waals surface area contributed by atoms with Crippen LogP contribution in [0, 0.1) is 11.6 Å². The standard InChI is InChI=1S/C12H8F2N4O2/c13-6-1-2-8-9(3-6)16-10(15-8)5-18-4-7(14)11(19)17-12(18)20/h1-4H,5H2,(H,15,16)(H,17,19,20). The van der Waals surface area contributed by atoms with Gasteiger partial charge in [0.15, 0.2) is 0 Å². The zero-order valence-electron chi connectivity index (χ0n) is 9.98. The highest BCUT2D eigenvalue weighted by atomic mass is 19.1. The van der Waals surface area contributed by atoms with E-state index in [4.69, 9.17) is 0 Å². The number of rotatable bonds is 2. The topological polar surface area (TPSA) is 83.5 Å². The molecule has 1 aromatic carbocycles. The lowest BCUT2D eigenvalue weighted by atomic mass is 10.3. The van der Waals surface area contributed by atoms with Crippen LogP contribution in [0.1, 0.15) is 5.82 Å². The molecule has 6 nitrogen and oxygen atoms in total. The summed E-state index contributed by atoms with van der Waals surface area (Å²) in [6.07, 6.45) is 0.801. The monoisotopic (exact) mass is 278 g/mol. The molecule has 0 amide bonds. The van der Waals surface area contributed by atoms with E-state index in [-0.39, 0.29) is 6.54 Å². The molecule has 0 spiro atoms. The number of nitrogens with one attached hydrogen (secondary N) is 2. The van der Waals surface area contributed by atoms with Crippen LogP contribution < -0.4 is 11.2 Å². The number of aromatic nitrogens is 4. The Labute approximate surface area is 109 Å². The Bertz CT molecular complexity index is 910. The van der Waals surface area contributed by atoms with Crippen molar-refractivity contribution in [3.63, 3.8) is 0 Å². The van der Waals surface area contributed by atoms with Crippen LogP contribution in [0.2, 0.25) is 0 Å². The third-order valence-electron chi connectivity index (χ3n) is 2.78. The first-order chi connectivity index (χ1) is 9.52. The second kappa shape index (κ2) is 4.41. The van der Waals surface area contributed by atoms with E-state index in [1.165, 1.54) is 18.2 Å². The minimum atomic E-state index is -1.07. The first kappa shape index (κ1) is 12.3. The number of fused-ring (bicyclic) bond motifs is 1. The molecule has 0 unspecified atom stereocenters. The molecule has 0 aliphatic heterocycles. The minimum Gasteiger partial charge on any atom is -0.340 e. The summed E-state index contributed by atoms with van der Waals surface area (Å²) in [7, 11) is 0. The molecule has 0 saturated carbocycles. The zero-order valence-corrected chi connectivity index (χ0v) is 9.98. The van der Waals surface area contributed by atoms with Gasteiger partial charge in [-0.1, -0.05) is 0 Å². The Morgan fingerprint density at radius 2 is 2.00 bits per heavy atom. The van der Waals surface area contributed by atoms with E-state index in [1.807, 2.05) is 4.98 Å². The molecule has 0 fully saturated rings. The number of nitrogens with zero attached hydrogens (tertiary/aromatic N) is 2. The molecular weight excluding hydrogens is 270 g/mol. The van der Waals surface area contributed by atoms with Gasteiger partial charge in [-0.2, -0.15) is 4.39 Å². The lowest BCUT2D eigenvalue weighted by molar-refractivity contribution is 0.562. The van der Waals surface area contributed by atoms with Gasteiger partial charge in [0.25, 0.3) is 5.56 Å². The van der Waals surface area contributed by atoms with Crippen LogP contribution in [-0.4, -0.2) is 19.5 Å². The molecule has 2 aromatic heterocycles. The normalized spacial score (nSPS) is 11.1. The maximum Gasteiger partial charge on any atom is 0.328 e. The predicted molar refractivity (Wildman–Crippen MR) is 66.4 cm³/mol. The summed E-state index contributed by atoms with van der Waals surface area (Å²) in [5.41, 5.74) is -0.821. The third-order valence-corrected chi connectivity index (χ3v) is 2.78. The summed E-state index contributed by atoms with van der Waals surface area (Å²) in [6, 6.07) is 4.02. The Hall–Kier alpha value is -2.77. The molecule has 0 radical (unpaired) electrons. The predicted octanol–water partition coefficient (Wildman–Crippen LogP) is 0.739. The number of aromatic amines is 2. The molecule has 0 bridgehead atoms. The second-order valence-corrected chi connectivity index (χ2v) is 4.21. The molecule has 8 heteroatoms. The van der Waals surface area contributed by atoms with Gasteiger partial charge in [-0.05, 0) is 18.2 Å². The van der Waals surface area contributed by atoms with E-state index in [9.17, 15) is 18.4 Å². The average Bonchev–Trinajstić information content (AvgIpc) is 2.77. The van der Waals surface area contributed by atoms with E-state index >= 15 is 0 Å². The van der Waals surface area contributed by atoms with Gasteiger partial charge >= 0.3 is 5.69 Å². The number of H-pyrrole nitrogens is 2. The Morgan fingerprint density at radius 1 is 1.20 bits per heavy atom. The highest BCUT2D eigenvalue weighted by Crippen LogP contribution is 2.13. The van der Waals surface area contributed by atoms with Crippen molar-refractivity contribution in [1.29, 1.82) is 0 Å². The quantitative estimate of drug-likeness (QED) is 0.725. The maximum atomic E-state index is 13.1. The lowest BCUT2D eigenvalue weighted by Crippen LogP contribution is -2.31. The van der Waals surface area contributed by atoms with Gasteiger partial charge < -0.3 is 4.98 Å². The van der Waals surface area contributed by atoms with Gasteiger partial charge in [0.2, 0.25) is 5.82 Å². The van der Waals surface area contributed by atoms with Crippen LogP contribution >= 0.6 is 0 Å². The van der Waals surface area contributed by atoms with Crippen molar-refractivity contribution in [2.45, 2.75) is 6.54 Å². The molecule has 2 N–H and O–H groups in total. The van der Waals surface area contributed by atoms with Gasteiger partial charge in [-0.3, -0.25) is 14.3 Å². The van der Waals surface area contributed by atoms with Gasteiger partial charge in [-0.25, -0.2) is 14.2 Å². The highest BCUT2D eigenvalue weighted by Gasteiger charge is 2.08. The first-order valence-corrected chi connectivity index (χ1v) is 5.66. The number of halogens is 2. The summed E-state index contributed by atoms with van der Waals surface area (Å²) in [5.74, 6) is -1.13. The summed E-state index contributed by atoms with van der Waals surface area (Å²) in [6.45, 7) is -0.0666. The van der Waals surface area contributed by atoms with E-state index in [1.54, 1.807) is 0 Å². The third kappa shape index (κ3) is 2.11. The van der Waals surface area contributed by atoms with Gasteiger partial charge in [-0.15, -0.1) is 0 Å². The largest absolute Gasteiger partial charge is 0.340 e. The molecule has 2 heterocycles. The summed E-state index contributed by atoms with van der Waals surface area (Å²) >= 11 is 0. The SMILES string of the molecule is O=c1[nH]c(=O)n(Cc2nc3ccc(F)cc3[nH]2)cc1F. The van der Waals surface area contributed by atoms with Crippen LogP contribution in [0.15, 0.2) is 34.0 Å². The van der Waals surface area contributed by atoms with Gasteiger partial charge in [0.05, 0.1) is 23.8 Å². The Balaban J connectivity index is 2.03. The van der Waals surface area contributed by atoms with E-state index in [0.717, 1.165) is 10.8 Å². The fraction of sp³-hybridized carbons (Fsp3) is 0.0833. The molecule has 102 valence electrons. The Morgan fingerprint density at radius 3 is 2.80 bits per heavy atom.